The molecule has 0 bridgehead atoms. The monoisotopic (exact) mass is 259 g/mol. The summed E-state index contributed by atoms with van der Waals surface area (Å²) in [7, 11) is 1.33. The number of hydrogen-bond acceptors (Lipinski definition) is 4. The molecular formula is C13H13N3O3. The van der Waals surface area contributed by atoms with E-state index in [4.69, 9.17) is 15.0 Å². The van der Waals surface area contributed by atoms with E-state index in [0.29, 0.717) is 24.3 Å². The highest BCUT2D eigenvalue weighted by atomic mass is 16.5. The van der Waals surface area contributed by atoms with Crippen molar-refractivity contribution < 1.29 is 14.3 Å². The van der Waals surface area contributed by atoms with Gasteiger partial charge in [0.2, 0.25) is 0 Å². The van der Waals surface area contributed by atoms with Gasteiger partial charge in [-0.05, 0) is 23.1 Å². The molecule has 1 heterocycles. The van der Waals surface area contributed by atoms with Gasteiger partial charge in [-0.15, -0.1) is 0 Å². The van der Waals surface area contributed by atoms with Gasteiger partial charge in [-0.3, -0.25) is 0 Å². The van der Waals surface area contributed by atoms with E-state index in [1.54, 1.807) is 12.1 Å². The SMILES string of the molecule is COC(=O)C1=C(c2ccccc2N=[N+]=[N-])CCOC1. The summed E-state index contributed by atoms with van der Waals surface area (Å²) < 4.78 is 10.1. The van der Waals surface area contributed by atoms with Gasteiger partial charge in [-0.1, -0.05) is 29.4 Å². The lowest BCUT2D eigenvalue weighted by molar-refractivity contribution is -0.136. The van der Waals surface area contributed by atoms with Gasteiger partial charge in [0.25, 0.3) is 0 Å². The Morgan fingerprint density at radius 3 is 3.00 bits per heavy atom. The molecule has 98 valence electrons. The van der Waals surface area contributed by atoms with Crippen LogP contribution in [0.3, 0.4) is 0 Å². The second-order valence-electron chi connectivity index (χ2n) is 3.96. The smallest absolute Gasteiger partial charge is 0.336 e. The predicted octanol–water partition coefficient (Wildman–Crippen LogP) is 2.98. The van der Waals surface area contributed by atoms with E-state index in [1.165, 1.54) is 7.11 Å². The van der Waals surface area contributed by atoms with Gasteiger partial charge in [0.1, 0.15) is 0 Å². The molecule has 6 nitrogen and oxygen atoms in total. The number of ether oxygens (including phenoxy) is 2. The van der Waals surface area contributed by atoms with Gasteiger partial charge in [0.05, 0.1) is 25.9 Å². The van der Waals surface area contributed by atoms with Crippen LogP contribution in [0.5, 0.6) is 0 Å². The number of methoxy groups -OCH3 is 1. The summed E-state index contributed by atoms with van der Waals surface area (Å²) in [5.41, 5.74) is 11.1. The van der Waals surface area contributed by atoms with Crippen LogP contribution in [-0.2, 0) is 14.3 Å². The molecule has 0 unspecified atom stereocenters. The average Bonchev–Trinajstić information content (AvgIpc) is 2.47. The Balaban J connectivity index is 2.56. The van der Waals surface area contributed by atoms with Crippen LogP contribution in [0, 0.1) is 0 Å². The number of carbonyl (C=O) groups excluding carboxylic acids is 1. The predicted molar refractivity (Wildman–Crippen MR) is 69.6 cm³/mol. The maximum atomic E-state index is 11.8. The topological polar surface area (TPSA) is 84.3 Å². The Hall–Kier alpha value is -2.30. The van der Waals surface area contributed by atoms with Crippen molar-refractivity contribution in [3.05, 3.63) is 45.8 Å². The summed E-state index contributed by atoms with van der Waals surface area (Å²) in [6.45, 7) is 0.743. The molecule has 19 heavy (non-hydrogen) atoms. The highest BCUT2D eigenvalue weighted by molar-refractivity contribution is 5.99. The summed E-state index contributed by atoms with van der Waals surface area (Å²) in [6, 6.07) is 7.16. The van der Waals surface area contributed by atoms with Gasteiger partial charge in [0.15, 0.2) is 0 Å². The van der Waals surface area contributed by atoms with E-state index in [9.17, 15) is 4.79 Å². The number of rotatable bonds is 3. The van der Waals surface area contributed by atoms with E-state index < -0.39 is 5.97 Å². The van der Waals surface area contributed by atoms with Gasteiger partial charge in [0, 0.05) is 10.6 Å². The maximum absolute atomic E-state index is 11.8. The van der Waals surface area contributed by atoms with Crippen LogP contribution in [0.15, 0.2) is 35.0 Å². The fourth-order valence-electron chi connectivity index (χ4n) is 2.05. The first-order valence-corrected chi connectivity index (χ1v) is 5.80. The molecule has 1 aromatic carbocycles. The quantitative estimate of drug-likeness (QED) is 0.362. The van der Waals surface area contributed by atoms with Crippen molar-refractivity contribution >= 4 is 17.2 Å². The van der Waals surface area contributed by atoms with Crippen molar-refractivity contribution in [1.82, 2.24) is 0 Å². The third-order valence-corrected chi connectivity index (χ3v) is 2.92. The zero-order chi connectivity index (χ0) is 13.7. The van der Waals surface area contributed by atoms with E-state index in [1.807, 2.05) is 12.1 Å². The zero-order valence-corrected chi connectivity index (χ0v) is 10.5. The molecule has 1 aliphatic heterocycles. The van der Waals surface area contributed by atoms with Gasteiger partial charge in [-0.25, -0.2) is 4.79 Å². The van der Waals surface area contributed by atoms with Crippen LogP contribution in [-0.4, -0.2) is 26.3 Å². The summed E-state index contributed by atoms with van der Waals surface area (Å²) in [6.07, 6.45) is 0.586. The molecular weight excluding hydrogens is 246 g/mol. The molecule has 0 aromatic heterocycles. The van der Waals surface area contributed by atoms with Crippen LogP contribution < -0.4 is 0 Å². The first-order valence-electron chi connectivity index (χ1n) is 5.80. The van der Waals surface area contributed by atoms with Crippen molar-refractivity contribution in [3.63, 3.8) is 0 Å². The van der Waals surface area contributed by atoms with Crippen LogP contribution in [0.1, 0.15) is 12.0 Å². The third kappa shape index (κ3) is 2.76. The van der Waals surface area contributed by atoms with E-state index in [0.717, 1.165) is 11.1 Å². The van der Waals surface area contributed by atoms with Gasteiger partial charge >= 0.3 is 5.97 Å². The zero-order valence-electron chi connectivity index (χ0n) is 10.5. The number of azide groups is 1. The Bertz CT molecular complexity index is 574. The molecule has 1 aliphatic rings. The summed E-state index contributed by atoms with van der Waals surface area (Å²) in [5, 5.41) is 3.65. The Kier molecular flexibility index (Phi) is 4.18. The Morgan fingerprint density at radius 2 is 2.26 bits per heavy atom. The lowest BCUT2D eigenvalue weighted by Crippen LogP contribution is -2.18. The molecule has 2 rings (SSSR count). The maximum Gasteiger partial charge on any atom is 0.336 e. The number of benzene rings is 1. The normalized spacial score (nSPS) is 14.8. The first kappa shape index (κ1) is 13.1. The second kappa shape index (κ2) is 6.04. The molecule has 0 radical (unpaired) electrons. The van der Waals surface area contributed by atoms with Crippen molar-refractivity contribution in [3.8, 4) is 0 Å². The number of nitrogens with zero attached hydrogens (tertiary/aromatic N) is 3. The highest BCUT2D eigenvalue weighted by Crippen LogP contribution is 2.33. The van der Waals surface area contributed by atoms with Crippen molar-refractivity contribution in [1.29, 1.82) is 0 Å². The molecule has 0 N–H and O–H groups in total. The lowest BCUT2D eigenvalue weighted by Gasteiger charge is -2.20. The van der Waals surface area contributed by atoms with Crippen LogP contribution >= 0.6 is 0 Å². The minimum absolute atomic E-state index is 0.215. The molecule has 0 aliphatic carbocycles. The average molecular weight is 259 g/mol. The molecule has 0 saturated heterocycles. The molecule has 6 heteroatoms. The minimum atomic E-state index is -0.412. The van der Waals surface area contributed by atoms with E-state index in [-0.39, 0.29) is 6.61 Å². The number of carbonyl (C=O) groups is 1. The second-order valence-corrected chi connectivity index (χ2v) is 3.96. The fraction of sp³-hybridized carbons (Fsp3) is 0.308. The largest absolute Gasteiger partial charge is 0.466 e. The van der Waals surface area contributed by atoms with Gasteiger partial charge in [-0.2, -0.15) is 0 Å². The van der Waals surface area contributed by atoms with Crippen LogP contribution in [0.4, 0.5) is 5.69 Å². The lowest BCUT2D eigenvalue weighted by atomic mass is 9.94. The summed E-state index contributed by atoms with van der Waals surface area (Å²) in [4.78, 5) is 14.6. The van der Waals surface area contributed by atoms with E-state index in [2.05, 4.69) is 10.0 Å². The summed E-state index contributed by atoms with van der Waals surface area (Å²) >= 11 is 0. The van der Waals surface area contributed by atoms with Crippen LogP contribution in [0.2, 0.25) is 0 Å². The number of hydrogen-bond donors (Lipinski definition) is 0. The third-order valence-electron chi connectivity index (χ3n) is 2.92. The van der Waals surface area contributed by atoms with E-state index >= 15 is 0 Å². The molecule has 1 aromatic rings. The standard InChI is InChI=1S/C13H13N3O3/c1-18-13(17)11-8-19-7-6-9(11)10-4-2-3-5-12(10)15-16-14/h2-5H,6-8H2,1H3. The van der Waals surface area contributed by atoms with Crippen molar-refractivity contribution in [2.75, 3.05) is 20.3 Å². The highest BCUT2D eigenvalue weighted by Gasteiger charge is 2.22. The van der Waals surface area contributed by atoms with Crippen LogP contribution in [0.25, 0.3) is 16.0 Å². The Labute approximate surface area is 110 Å². The molecule has 0 saturated carbocycles. The molecule has 0 fully saturated rings. The Morgan fingerprint density at radius 1 is 1.47 bits per heavy atom. The van der Waals surface area contributed by atoms with Gasteiger partial charge < -0.3 is 9.47 Å². The van der Waals surface area contributed by atoms with Crippen molar-refractivity contribution in [2.24, 2.45) is 5.11 Å². The summed E-state index contributed by atoms with van der Waals surface area (Å²) in [5.74, 6) is -0.412. The fourth-order valence-corrected chi connectivity index (χ4v) is 2.05. The minimum Gasteiger partial charge on any atom is -0.466 e. The molecule has 0 atom stereocenters. The number of esters is 1. The molecule has 0 amide bonds. The van der Waals surface area contributed by atoms with Crippen molar-refractivity contribution in [2.45, 2.75) is 6.42 Å². The first-order chi connectivity index (χ1) is 9.27. The molecule has 0 spiro atoms.